The fourth-order valence-electron chi connectivity index (χ4n) is 2.71. The molecule has 3 nitrogen and oxygen atoms in total. The van der Waals surface area contributed by atoms with Crippen molar-refractivity contribution in [1.29, 1.82) is 0 Å². The van der Waals surface area contributed by atoms with Crippen LogP contribution in [-0.4, -0.2) is 15.5 Å². The Morgan fingerprint density at radius 1 is 1.14 bits per heavy atom. The predicted molar refractivity (Wildman–Crippen MR) is 83.8 cm³/mol. The number of hydrogen-bond acceptors (Lipinski definition) is 1. The van der Waals surface area contributed by atoms with E-state index in [2.05, 4.69) is 19.1 Å². The zero-order valence-corrected chi connectivity index (χ0v) is 11.9. The van der Waals surface area contributed by atoms with E-state index in [1.165, 1.54) is 5.56 Å². The Morgan fingerprint density at radius 2 is 1.90 bits per heavy atom. The van der Waals surface area contributed by atoms with Gasteiger partial charge in [0, 0.05) is 18.0 Å². The minimum atomic E-state index is -0.892. The van der Waals surface area contributed by atoms with E-state index in [1.807, 2.05) is 47.1 Å². The summed E-state index contributed by atoms with van der Waals surface area (Å²) in [6.07, 6.45) is 5.91. The first-order chi connectivity index (χ1) is 10.2. The maximum Gasteiger partial charge on any atom is 0.338 e. The third-order valence-corrected chi connectivity index (χ3v) is 3.70. The van der Waals surface area contributed by atoms with Crippen molar-refractivity contribution in [3.63, 3.8) is 0 Å². The number of carboxylic acid groups (broad SMARTS) is 1. The molecule has 1 N–H and O–H groups in total. The lowest BCUT2D eigenvalue weighted by Gasteiger charge is -2.03. The van der Waals surface area contributed by atoms with Crippen molar-refractivity contribution in [2.75, 3.05) is 0 Å². The van der Waals surface area contributed by atoms with E-state index in [0.29, 0.717) is 5.56 Å². The first-order valence-corrected chi connectivity index (χ1v) is 7.13. The lowest BCUT2D eigenvalue weighted by Crippen LogP contribution is -1.97. The third-order valence-electron chi connectivity index (χ3n) is 3.70. The van der Waals surface area contributed by atoms with Crippen LogP contribution in [0.3, 0.4) is 0 Å². The van der Waals surface area contributed by atoms with Gasteiger partial charge in [0.25, 0.3) is 0 Å². The van der Waals surface area contributed by atoms with Gasteiger partial charge in [0.05, 0.1) is 11.1 Å². The van der Waals surface area contributed by atoms with Gasteiger partial charge in [-0.1, -0.05) is 43.7 Å². The summed E-state index contributed by atoms with van der Waals surface area (Å²) >= 11 is 0. The molecule has 3 aromatic rings. The highest BCUT2D eigenvalue weighted by Crippen LogP contribution is 2.29. The number of aromatic nitrogens is 1. The summed E-state index contributed by atoms with van der Waals surface area (Å²) in [5.41, 5.74) is 4.06. The Balaban J connectivity index is 2.15. The summed E-state index contributed by atoms with van der Waals surface area (Å²) in [5, 5.41) is 9.54. The van der Waals surface area contributed by atoms with Gasteiger partial charge in [0.1, 0.15) is 0 Å². The Hall–Kier alpha value is -2.55. The molecule has 3 rings (SSSR count). The van der Waals surface area contributed by atoms with E-state index >= 15 is 0 Å². The number of benzene rings is 1. The van der Waals surface area contributed by atoms with Crippen molar-refractivity contribution in [1.82, 2.24) is 4.40 Å². The summed E-state index contributed by atoms with van der Waals surface area (Å²) in [7, 11) is 0. The number of nitrogens with zero attached hydrogens (tertiary/aromatic N) is 1. The normalized spacial score (nSPS) is 10.9. The van der Waals surface area contributed by atoms with Crippen LogP contribution in [0.4, 0.5) is 0 Å². The van der Waals surface area contributed by atoms with E-state index in [9.17, 15) is 9.90 Å². The van der Waals surface area contributed by atoms with E-state index in [1.54, 1.807) is 0 Å². The molecule has 0 aliphatic rings. The Kier molecular flexibility index (Phi) is 3.48. The smallest absolute Gasteiger partial charge is 0.338 e. The number of aromatic carboxylic acids is 1. The van der Waals surface area contributed by atoms with Crippen LogP contribution in [-0.2, 0) is 6.42 Å². The SMILES string of the molecule is CCCc1ccc(-c2cn3ccccc3c2C(=O)O)cc1. The van der Waals surface area contributed by atoms with Gasteiger partial charge in [-0.15, -0.1) is 0 Å². The van der Waals surface area contributed by atoms with Crippen LogP contribution < -0.4 is 0 Å². The number of carboxylic acids is 1. The second kappa shape index (κ2) is 5.44. The van der Waals surface area contributed by atoms with Gasteiger partial charge in [-0.3, -0.25) is 0 Å². The van der Waals surface area contributed by atoms with Crippen LogP contribution in [0, 0.1) is 0 Å². The van der Waals surface area contributed by atoms with Crippen molar-refractivity contribution >= 4 is 11.5 Å². The summed E-state index contributed by atoms with van der Waals surface area (Å²) in [4.78, 5) is 11.6. The standard InChI is InChI=1S/C18H17NO2/c1-2-5-13-7-9-14(10-8-13)15-12-19-11-4-3-6-16(19)17(15)18(20)21/h3-4,6-12H,2,5H2,1H3,(H,20,21). The van der Waals surface area contributed by atoms with Crippen LogP contribution in [0.15, 0.2) is 54.9 Å². The maximum atomic E-state index is 11.6. The second-order valence-electron chi connectivity index (χ2n) is 5.16. The highest BCUT2D eigenvalue weighted by Gasteiger charge is 2.17. The summed E-state index contributed by atoms with van der Waals surface area (Å²) in [5.74, 6) is -0.892. The molecule has 1 aromatic carbocycles. The monoisotopic (exact) mass is 279 g/mol. The topological polar surface area (TPSA) is 41.7 Å². The van der Waals surface area contributed by atoms with Gasteiger partial charge in [0.15, 0.2) is 0 Å². The zero-order valence-electron chi connectivity index (χ0n) is 11.9. The summed E-state index contributed by atoms with van der Waals surface area (Å²) < 4.78 is 1.86. The van der Waals surface area contributed by atoms with Gasteiger partial charge >= 0.3 is 5.97 Å². The maximum absolute atomic E-state index is 11.6. The van der Waals surface area contributed by atoms with Crippen molar-refractivity contribution in [3.05, 3.63) is 66.0 Å². The lowest BCUT2D eigenvalue weighted by atomic mass is 10.0. The quantitative estimate of drug-likeness (QED) is 0.775. The molecule has 106 valence electrons. The summed E-state index contributed by atoms with van der Waals surface area (Å²) in [6.45, 7) is 2.15. The molecule has 0 radical (unpaired) electrons. The molecular formula is C18H17NO2. The Labute approximate surface area is 123 Å². The Morgan fingerprint density at radius 3 is 2.57 bits per heavy atom. The first kappa shape index (κ1) is 13.4. The van der Waals surface area contributed by atoms with Crippen LogP contribution in [0.2, 0.25) is 0 Å². The number of carbonyl (C=O) groups is 1. The molecule has 0 saturated carbocycles. The largest absolute Gasteiger partial charge is 0.478 e. The fourth-order valence-corrected chi connectivity index (χ4v) is 2.71. The predicted octanol–water partition coefficient (Wildman–Crippen LogP) is 4.26. The van der Waals surface area contributed by atoms with Crippen molar-refractivity contribution in [2.45, 2.75) is 19.8 Å². The van der Waals surface area contributed by atoms with Crippen LogP contribution >= 0.6 is 0 Å². The highest BCUT2D eigenvalue weighted by atomic mass is 16.4. The van der Waals surface area contributed by atoms with E-state index in [0.717, 1.165) is 29.5 Å². The molecule has 0 aliphatic heterocycles. The van der Waals surface area contributed by atoms with Gasteiger partial charge in [-0.25, -0.2) is 4.79 Å². The number of rotatable bonds is 4. The molecule has 0 unspecified atom stereocenters. The van der Waals surface area contributed by atoms with Crippen molar-refractivity contribution in [3.8, 4) is 11.1 Å². The van der Waals surface area contributed by atoms with Gasteiger partial charge < -0.3 is 9.51 Å². The molecule has 0 bridgehead atoms. The van der Waals surface area contributed by atoms with Crippen LogP contribution in [0.5, 0.6) is 0 Å². The minimum Gasteiger partial charge on any atom is -0.478 e. The molecule has 0 amide bonds. The van der Waals surface area contributed by atoms with Crippen LogP contribution in [0.25, 0.3) is 16.6 Å². The molecule has 3 heteroatoms. The average Bonchev–Trinajstić information content (AvgIpc) is 2.88. The zero-order chi connectivity index (χ0) is 14.8. The number of aryl methyl sites for hydroxylation is 1. The number of pyridine rings is 1. The summed E-state index contributed by atoms with van der Waals surface area (Å²) in [6, 6.07) is 13.7. The third kappa shape index (κ3) is 2.42. The van der Waals surface area contributed by atoms with Gasteiger partial charge in [-0.05, 0) is 29.7 Å². The van der Waals surface area contributed by atoms with E-state index < -0.39 is 5.97 Å². The second-order valence-corrected chi connectivity index (χ2v) is 5.16. The molecule has 0 spiro atoms. The highest BCUT2D eigenvalue weighted by molar-refractivity contribution is 6.03. The van der Waals surface area contributed by atoms with Gasteiger partial charge in [-0.2, -0.15) is 0 Å². The number of fused-ring (bicyclic) bond motifs is 1. The van der Waals surface area contributed by atoms with E-state index in [4.69, 9.17) is 0 Å². The molecule has 0 atom stereocenters. The van der Waals surface area contributed by atoms with Crippen molar-refractivity contribution in [2.24, 2.45) is 0 Å². The van der Waals surface area contributed by atoms with E-state index in [-0.39, 0.29) is 0 Å². The Bertz CT molecular complexity index is 785. The molecule has 0 aliphatic carbocycles. The molecule has 2 aromatic heterocycles. The first-order valence-electron chi connectivity index (χ1n) is 7.13. The minimum absolute atomic E-state index is 0.360. The van der Waals surface area contributed by atoms with Gasteiger partial charge in [0.2, 0.25) is 0 Å². The average molecular weight is 279 g/mol. The molecule has 2 heterocycles. The van der Waals surface area contributed by atoms with Crippen LogP contribution in [0.1, 0.15) is 29.3 Å². The van der Waals surface area contributed by atoms with Crippen molar-refractivity contribution < 1.29 is 9.90 Å². The molecule has 0 saturated heterocycles. The fraction of sp³-hybridized carbons (Fsp3) is 0.167. The lowest BCUT2D eigenvalue weighted by molar-refractivity contribution is 0.0700. The molecule has 0 fully saturated rings. The molecule has 21 heavy (non-hydrogen) atoms. The number of hydrogen-bond donors (Lipinski definition) is 1. The molecular weight excluding hydrogens is 262 g/mol.